The number of carbonyl (C=O) groups excluding carboxylic acids is 3. The number of nitrogens with one attached hydrogen (secondary N) is 2. The van der Waals surface area contributed by atoms with Crippen molar-refractivity contribution in [3.63, 3.8) is 0 Å². The van der Waals surface area contributed by atoms with Gasteiger partial charge in [-0.3, -0.25) is 15.0 Å². The van der Waals surface area contributed by atoms with Gasteiger partial charge in [-0.15, -0.1) is 0 Å². The molecule has 0 bridgehead atoms. The van der Waals surface area contributed by atoms with Gasteiger partial charge in [0, 0.05) is 19.2 Å². The summed E-state index contributed by atoms with van der Waals surface area (Å²) in [5.41, 5.74) is 7.83. The lowest BCUT2D eigenvalue weighted by Gasteiger charge is -2.31. The maximum atomic E-state index is 13.6. The molecule has 1 fully saturated rings. The average Bonchev–Trinajstić information content (AvgIpc) is 2.90. The zero-order valence-electron chi connectivity index (χ0n) is 21.0. The Morgan fingerprint density at radius 1 is 1.03 bits per heavy atom. The largest absolute Gasteiger partial charge is 0.467 e. The summed E-state index contributed by atoms with van der Waals surface area (Å²) in [5, 5.41) is 10.5. The predicted octanol–water partition coefficient (Wildman–Crippen LogP) is 3.03. The number of esters is 1. The summed E-state index contributed by atoms with van der Waals surface area (Å²) < 4.78 is 5.01. The van der Waals surface area contributed by atoms with E-state index in [4.69, 9.17) is 15.9 Å². The van der Waals surface area contributed by atoms with E-state index in [1.165, 1.54) is 12.0 Å². The van der Waals surface area contributed by atoms with Crippen molar-refractivity contribution in [2.24, 2.45) is 17.6 Å². The Morgan fingerprint density at radius 3 is 2.25 bits per heavy atom. The monoisotopic (exact) mass is 492 g/mol. The molecule has 1 aliphatic rings. The predicted molar refractivity (Wildman–Crippen MR) is 138 cm³/mol. The molecule has 8 heteroatoms. The molecule has 2 aromatic carbocycles. The quantitative estimate of drug-likeness (QED) is 0.203. The van der Waals surface area contributed by atoms with Gasteiger partial charge in [-0.2, -0.15) is 0 Å². The first-order chi connectivity index (χ1) is 17.3. The first kappa shape index (κ1) is 26.9. The van der Waals surface area contributed by atoms with E-state index in [9.17, 15) is 14.4 Å². The third-order valence-electron chi connectivity index (χ3n) is 6.83. The molecular weight excluding hydrogens is 456 g/mol. The first-order valence-electron chi connectivity index (χ1n) is 12.4. The highest BCUT2D eigenvalue weighted by Gasteiger charge is 2.36. The van der Waals surface area contributed by atoms with Crippen molar-refractivity contribution in [2.75, 3.05) is 14.2 Å². The number of amidine groups is 1. The fraction of sp³-hybridized carbons (Fsp3) is 0.429. The summed E-state index contributed by atoms with van der Waals surface area (Å²) in [6.45, 7) is 0.357. The topological polar surface area (TPSA) is 126 Å². The van der Waals surface area contributed by atoms with E-state index in [0.29, 0.717) is 12.1 Å². The number of nitrogen functional groups attached to an aromatic ring is 1. The third kappa shape index (κ3) is 7.16. The number of nitrogens with two attached hydrogens (primary N) is 1. The van der Waals surface area contributed by atoms with Crippen LogP contribution in [0.3, 0.4) is 0 Å². The average molecular weight is 493 g/mol. The molecule has 2 amide bonds. The van der Waals surface area contributed by atoms with Crippen LogP contribution < -0.4 is 11.1 Å². The summed E-state index contributed by atoms with van der Waals surface area (Å²) in [6.07, 6.45) is 4.93. The van der Waals surface area contributed by atoms with Crippen molar-refractivity contribution < 1.29 is 19.1 Å². The lowest BCUT2D eigenvalue weighted by molar-refractivity contribution is -0.150. The van der Waals surface area contributed by atoms with Gasteiger partial charge in [0.25, 0.3) is 0 Å². The molecule has 0 saturated heterocycles. The number of nitrogens with zero attached hydrogens (tertiary/aromatic N) is 1. The molecule has 0 aliphatic heterocycles. The Kier molecular flexibility index (Phi) is 9.61. The van der Waals surface area contributed by atoms with E-state index in [0.717, 1.165) is 43.2 Å². The highest BCUT2D eigenvalue weighted by Crippen LogP contribution is 2.27. The second kappa shape index (κ2) is 12.9. The van der Waals surface area contributed by atoms with Crippen LogP contribution in [0.5, 0.6) is 0 Å². The van der Waals surface area contributed by atoms with Crippen LogP contribution in [0.1, 0.15) is 48.8 Å². The van der Waals surface area contributed by atoms with Crippen molar-refractivity contribution in [2.45, 2.75) is 51.1 Å². The van der Waals surface area contributed by atoms with Gasteiger partial charge in [0.2, 0.25) is 11.8 Å². The van der Waals surface area contributed by atoms with Gasteiger partial charge in [-0.25, -0.2) is 4.79 Å². The van der Waals surface area contributed by atoms with Gasteiger partial charge in [-0.1, -0.05) is 73.9 Å². The smallest absolute Gasteiger partial charge is 0.328 e. The van der Waals surface area contributed by atoms with Gasteiger partial charge >= 0.3 is 5.97 Å². The lowest BCUT2D eigenvalue weighted by Crippen LogP contribution is -2.52. The van der Waals surface area contributed by atoms with Crippen LogP contribution in [-0.2, 0) is 32.1 Å². The molecule has 0 aromatic heterocycles. The molecule has 36 heavy (non-hydrogen) atoms. The van der Waals surface area contributed by atoms with E-state index in [1.54, 1.807) is 31.3 Å². The molecule has 192 valence electrons. The SMILES string of the molecule is COC(=O)C(NC(=O)[C@H](Cc1ccc(C(=N)N)cc1)C(=O)N(C)Cc1ccccc1)C1CCCCC1. The summed E-state index contributed by atoms with van der Waals surface area (Å²) >= 11 is 0. The standard InChI is InChI=1S/C28H36N4O4/c1-32(18-20-9-5-3-6-10-20)27(34)23(17-19-13-15-22(16-14-19)25(29)30)26(33)31-24(28(35)36-2)21-11-7-4-8-12-21/h3,5-6,9-10,13-16,21,23-24H,4,7-8,11-12,17-18H2,1-2H3,(H3,29,30)(H,31,33)/t23-,24?/m0/s1. The molecule has 2 aromatic rings. The van der Waals surface area contributed by atoms with E-state index >= 15 is 0 Å². The van der Waals surface area contributed by atoms with Gasteiger partial charge in [0.1, 0.15) is 17.8 Å². The number of hydrogen-bond donors (Lipinski definition) is 3. The number of methoxy groups -OCH3 is 1. The Morgan fingerprint density at radius 2 is 1.67 bits per heavy atom. The second-order valence-corrected chi connectivity index (χ2v) is 9.45. The van der Waals surface area contributed by atoms with E-state index in [2.05, 4.69) is 5.32 Å². The number of benzene rings is 2. The molecule has 8 nitrogen and oxygen atoms in total. The summed E-state index contributed by atoms with van der Waals surface area (Å²) in [4.78, 5) is 41.3. The van der Waals surface area contributed by atoms with Crippen LogP contribution in [-0.4, -0.2) is 48.7 Å². The first-order valence-corrected chi connectivity index (χ1v) is 12.4. The van der Waals surface area contributed by atoms with Crippen molar-refractivity contribution in [3.8, 4) is 0 Å². The maximum Gasteiger partial charge on any atom is 0.328 e. The van der Waals surface area contributed by atoms with Crippen LogP contribution in [0, 0.1) is 17.2 Å². The van der Waals surface area contributed by atoms with E-state index in [-0.39, 0.29) is 24.1 Å². The number of hydrogen-bond acceptors (Lipinski definition) is 5. The van der Waals surface area contributed by atoms with Crippen LogP contribution >= 0.6 is 0 Å². The molecule has 0 radical (unpaired) electrons. The fourth-order valence-corrected chi connectivity index (χ4v) is 4.77. The Labute approximate surface area is 212 Å². The van der Waals surface area contributed by atoms with Crippen molar-refractivity contribution in [1.29, 1.82) is 5.41 Å². The maximum absolute atomic E-state index is 13.6. The minimum Gasteiger partial charge on any atom is -0.467 e. The highest BCUT2D eigenvalue weighted by molar-refractivity contribution is 6.01. The minimum atomic E-state index is -1.03. The number of amides is 2. The third-order valence-corrected chi connectivity index (χ3v) is 6.83. The number of rotatable bonds is 10. The van der Waals surface area contributed by atoms with Crippen LogP contribution in [0.25, 0.3) is 0 Å². The summed E-state index contributed by atoms with van der Waals surface area (Å²) in [6, 6.07) is 15.7. The molecule has 0 heterocycles. The van der Waals surface area contributed by atoms with Gasteiger partial charge in [-0.05, 0) is 36.3 Å². The fourth-order valence-electron chi connectivity index (χ4n) is 4.77. The van der Waals surface area contributed by atoms with Crippen molar-refractivity contribution in [3.05, 3.63) is 71.3 Å². The van der Waals surface area contributed by atoms with Crippen LogP contribution in [0.4, 0.5) is 0 Å². The lowest BCUT2D eigenvalue weighted by atomic mass is 9.83. The minimum absolute atomic E-state index is 0.0113. The molecule has 1 unspecified atom stereocenters. The van der Waals surface area contributed by atoms with Gasteiger partial charge < -0.3 is 20.7 Å². The second-order valence-electron chi connectivity index (χ2n) is 9.45. The van der Waals surface area contributed by atoms with E-state index < -0.39 is 23.8 Å². The Balaban J connectivity index is 1.83. The molecule has 4 N–H and O–H groups in total. The highest BCUT2D eigenvalue weighted by atomic mass is 16.5. The molecule has 1 aliphatic carbocycles. The van der Waals surface area contributed by atoms with Crippen molar-refractivity contribution >= 4 is 23.6 Å². The molecule has 3 rings (SSSR count). The molecule has 2 atom stereocenters. The number of ether oxygens (including phenoxy) is 1. The number of carbonyl (C=O) groups is 3. The Hall–Kier alpha value is -3.68. The van der Waals surface area contributed by atoms with Crippen LogP contribution in [0.2, 0.25) is 0 Å². The molecule has 0 spiro atoms. The molecule has 1 saturated carbocycles. The van der Waals surface area contributed by atoms with Crippen LogP contribution in [0.15, 0.2) is 54.6 Å². The summed E-state index contributed by atoms with van der Waals surface area (Å²) in [5.74, 6) is -2.40. The molecular formula is C28H36N4O4. The zero-order chi connectivity index (χ0) is 26.1. The zero-order valence-corrected chi connectivity index (χ0v) is 21.0. The summed E-state index contributed by atoms with van der Waals surface area (Å²) in [7, 11) is 2.99. The normalized spacial score (nSPS) is 15.4. The Bertz CT molecular complexity index is 1050. The van der Waals surface area contributed by atoms with Gasteiger partial charge in [0.05, 0.1) is 7.11 Å². The van der Waals surface area contributed by atoms with Gasteiger partial charge in [0.15, 0.2) is 0 Å². The van der Waals surface area contributed by atoms with E-state index in [1.807, 2.05) is 30.3 Å². The van der Waals surface area contributed by atoms with Crippen molar-refractivity contribution in [1.82, 2.24) is 10.2 Å².